The molecule has 0 radical (unpaired) electrons. The van der Waals surface area contributed by atoms with Gasteiger partial charge < -0.3 is 10.6 Å². The number of hydrogen-bond donors (Lipinski definition) is 3. The van der Waals surface area contributed by atoms with Crippen molar-refractivity contribution in [2.75, 3.05) is 17.2 Å². The fourth-order valence-corrected chi connectivity index (χ4v) is 2.96. The molecule has 1 aliphatic rings. The van der Waals surface area contributed by atoms with Crippen LogP contribution >= 0.6 is 12.2 Å². The van der Waals surface area contributed by atoms with Gasteiger partial charge in [-0.2, -0.15) is 0 Å². The molecule has 1 heterocycles. The molecular weight excluding hydrogens is 306 g/mol. The van der Waals surface area contributed by atoms with Crippen molar-refractivity contribution in [3.63, 3.8) is 0 Å². The Hall–Kier alpha value is -2.40. The zero-order chi connectivity index (χ0) is 16.2. The van der Waals surface area contributed by atoms with Crippen molar-refractivity contribution in [3.05, 3.63) is 59.2 Å². The van der Waals surface area contributed by atoms with Crippen molar-refractivity contribution >= 4 is 34.6 Å². The minimum Gasteiger partial charge on any atom is -0.385 e. The lowest BCUT2D eigenvalue weighted by molar-refractivity contribution is 0.0977. The van der Waals surface area contributed by atoms with Crippen LogP contribution in [0.15, 0.2) is 42.5 Å². The SMILES string of the molecule is Cc1ccc2c(c1NC(=S)NC(=O)c1ccccc1)CCCN2. The summed E-state index contributed by atoms with van der Waals surface area (Å²) in [4.78, 5) is 12.2. The van der Waals surface area contributed by atoms with Crippen molar-refractivity contribution in [2.45, 2.75) is 19.8 Å². The summed E-state index contributed by atoms with van der Waals surface area (Å²) in [6.07, 6.45) is 2.09. The average molecular weight is 325 g/mol. The Labute approximate surface area is 141 Å². The van der Waals surface area contributed by atoms with E-state index in [1.54, 1.807) is 12.1 Å². The number of fused-ring (bicyclic) bond motifs is 1. The van der Waals surface area contributed by atoms with Gasteiger partial charge in [-0.3, -0.25) is 10.1 Å². The number of thiocarbonyl (C=S) groups is 1. The Morgan fingerprint density at radius 3 is 2.74 bits per heavy atom. The highest BCUT2D eigenvalue weighted by molar-refractivity contribution is 7.80. The molecule has 4 nitrogen and oxygen atoms in total. The van der Waals surface area contributed by atoms with Crippen molar-refractivity contribution in [1.29, 1.82) is 0 Å². The topological polar surface area (TPSA) is 53.2 Å². The smallest absolute Gasteiger partial charge is 0.257 e. The van der Waals surface area contributed by atoms with Crippen LogP contribution in [0.2, 0.25) is 0 Å². The third-order valence-corrected chi connectivity index (χ3v) is 4.15. The third-order valence-electron chi connectivity index (χ3n) is 3.94. The number of aryl methyl sites for hydroxylation is 1. The molecule has 0 aliphatic carbocycles. The van der Waals surface area contributed by atoms with Crippen LogP contribution in [0.1, 0.15) is 27.9 Å². The number of benzene rings is 2. The highest BCUT2D eigenvalue weighted by atomic mass is 32.1. The van der Waals surface area contributed by atoms with E-state index in [1.807, 2.05) is 25.1 Å². The number of carbonyl (C=O) groups is 1. The van der Waals surface area contributed by atoms with Crippen molar-refractivity contribution in [2.24, 2.45) is 0 Å². The maximum atomic E-state index is 12.2. The van der Waals surface area contributed by atoms with Crippen LogP contribution in [0.5, 0.6) is 0 Å². The third kappa shape index (κ3) is 3.51. The second-order valence-electron chi connectivity index (χ2n) is 5.59. The zero-order valence-corrected chi connectivity index (χ0v) is 13.8. The summed E-state index contributed by atoms with van der Waals surface area (Å²) in [7, 11) is 0. The first-order chi connectivity index (χ1) is 11.1. The predicted octanol–water partition coefficient (Wildman–Crippen LogP) is 3.48. The number of anilines is 2. The summed E-state index contributed by atoms with van der Waals surface area (Å²) < 4.78 is 0. The van der Waals surface area contributed by atoms with Crippen LogP contribution in [0.4, 0.5) is 11.4 Å². The van der Waals surface area contributed by atoms with Gasteiger partial charge >= 0.3 is 0 Å². The van der Waals surface area contributed by atoms with Gasteiger partial charge in [0, 0.05) is 23.5 Å². The second kappa shape index (κ2) is 6.79. The Balaban J connectivity index is 1.75. The van der Waals surface area contributed by atoms with Gasteiger partial charge in [0.15, 0.2) is 5.11 Å². The fraction of sp³-hybridized carbons (Fsp3) is 0.222. The Kier molecular flexibility index (Phi) is 4.57. The Morgan fingerprint density at radius 1 is 1.17 bits per heavy atom. The summed E-state index contributed by atoms with van der Waals surface area (Å²) in [5, 5.41) is 9.66. The van der Waals surface area contributed by atoms with Crippen LogP contribution in [0, 0.1) is 6.92 Å². The summed E-state index contributed by atoms with van der Waals surface area (Å²) >= 11 is 5.31. The van der Waals surface area contributed by atoms with Gasteiger partial charge in [-0.25, -0.2) is 0 Å². The number of amides is 1. The van der Waals surface area contributed by atoms with E-state index in [-0.39, 0.29) is 5.91 Å². The van der Waals surface area contributed by atoms with Gasteiger partial charge in [0.25, 0.3) is 5.91 Å². The molecule has 23 heavy (non-hydrogen) atoms. The van der Waals surface area contributed by atoms with Gasteiger partial charge in [0.2, 0.25) is 0 Å². The van der Waals surface area contributed by atoms with Gasteiger partial charge in [0.1, 0.15) is 0 Å². The van der Waals surface area contributed by atoms with Crippen molar-refractivity contribution in [3.8, 4) is 0 Å². The lowest BCUT2D eigenvalue weighted by Gasteiger charge is -2.23. The van der Waals surface area contributed by atoms with Crippen LogP contribution in [0.25, 0.3) is 0 Å². The maximum absolute atomic E-state index is 12.2. The normalized spacial score (nSPS) is 12.7. The van der Waals surface area contributed by atoms with E-state index >= 15 is 0 Å². The molecule has 2 aromatic rings. The fourth-order valence-electron chi connectivity index (χ4n) is 2.76. The van der Waals surface area contributed by atoms with Gasteiger partial charge in [-0.05, 0) is 61.3 Å². The first-order valence-electron chi connectivity index (χ1n) is 7.69. The Morgan fingerprint density at radius 2 is 1.96 bits per heavy atom. The van der Waals surface area contributed by atoms with E-state index in [0.717, 1.165) is 36.3 Å². The van der Waals surface area contributed by atoms with E-state index in [1.165, 1.54) is 5.56 Å². The first kappa shape index (κ1) is 15.5. The molecule has 0 aromatic heterocycles. The number of nitrogens with one attached hydrogen (secondary N) is 3. The molecular formula is C18H19N3OS. The molecule has 1 aliphatic heterocycles. The molecule has 2 aromatic carbocycles. The minimum atomic E-state index is -0.205. The number of hydrogen-bond acceptors (Lipinski definition) is 3. The molecule has 118 valence electrons. The summed E-state index contributed by atoms with van der Waals surface area (Å²) in [6.45, 7) is 3.03. The first-order valence-corrected chi connectivity index (χ1v) is 8.09. The van der Waals surface area contributed by atoms with E-state index in [9.17, 15) is 4.79 Å². The monoisotopic (exact) mass is 325 g/mol. The molecule has 0 saturated carbocycles. The molecule has 5 heteroatoms. The van der Waals surface area contributed by atoms with E-state index in [4.69, 9.17) is 12.2 Å². The maximum Gasteiger partial charge on any atom is 0.257 e. The number of rotatable bonds is 2. The molecule has 0 bridgehead atoms. The predicted molar refractivity (Wildman–Crippen MR) is 98.1 cm³/mol. The summed E-state index contributed by atoms with van der Waals surface area (Å²) in [6, 6.07) is 13.2. The van der Waals surface area contributed by atoms with Crippen LogP contribution in [-0.4, -0.2) is 17.6 Å². The molecule has 1 amide bonds. The van der Waals surface area contributed by atoms with Crippen LogP contribution in [0.3, 0.4) is 0 Å². The average Bonchev–Trinajstić information content (AvgIpc) is 2.58. The highest BCUT2D eigenvalue weighted by Gasteiger charge is 2.16. The molecule has 0 atom stereocenters. The molecule has 0 unspecified atom stereocenters. The van der Waals surface area contributed by atoms with Crippen molar-refractivity contribution < 1.29 is 4.79 Å². The van der Waals surface area contributed by atoms with Gasteiger partial charge in [-0.1, -0.05) is 24.3 Å². The van der Waals surface area contributed by atoms with E-state index in [2.05, 4.69) is 28.1 Å². The largest absolute Gasteiger partial charge is 0.385 e. The zero-order valence-electron chi connectivity index (χ0n) is 13.0. The quantitative estimate of drug-likeness (QED) is 0.740. The van der Waals surface area contributed by atoms with Gasteiger partial charge in [0.05, 0.1) is 0 Å². The molecule has 0 spiro atoms. The minimum absolute atomic E-state index is 0.205. The van der Waals surface area contributed by atoms with Crippen LogP contribution in [-0.2, 0) is 6.42 Å². The van der Waals surface area contributed by atoms with Gasteiger partial charge in [-0.15, -0.1) is 0 Å². The molecule has 3 N–H and O–H groups in total. The lowest BCUT2D eigenvalue weighted by atomic mass is 9.98. The summed E-state index contributed by atoms with van der Waals surface area (Å²) in [5.74, 6) is -0.205. The number of carbonyl (C=O) groups excluding carboxylic acids is 1. The highest BCUT2D eigenvalue weighted by Crippen LogP contribution is 2.31. The lowest BCUT2D eigenvalue weighted by Crippen LogP contribution is -2.34. The standard InChI is InChI=1S/C18H19N3OS/c1-12-9-10-15-14(8-5-11-19-15)16(12)20-18(23)21-17(22)13-6-3-2-4-7-13/h2-4,6-7,9-10,19H,5,8,11H2,1H3,(H2,20,21,22,23). The Bertz CT molecular complexity index is 743. The molecule has 0 fully saturated rings. The summed E-state index contributed by atoms with van der Waals surface area (Å²) in [5.41, 5.74) is 5.07. The van der Waals surface area contributed by atoms with Crippen LogP contribution < -0.4 is 16.0 Å². The van der Waals surface area contributed by atoms with Crippen molar-refractivity contribution in [1.82, 2.24) is 5.32 Å². The molecule has 0 saturated heterocycles. The van der Waals surface area contributed by atoms with E-state index in [0.29, 0.717) is 10.7 Å². The molecule has 3 rings (SSSR count). The second-order valence-corrected chi connectivity index (χ2v) is 6.00. The van der Waals surface area contributed by atoms with E-state index < -0.39 is 0 Å².